The molecule has 0 saturated carbocycles. The Labute approximate surface area is 165 Å². The summed E-state index contributed by atoms with van der Waals surface area (Å²) < 4.78 is 7.16. The number of aryl methyl sites for hydroxylation is 2. The molecule has 1 fully saturated rings. The predicted molar refractivity (Wildman–Crippen MR) is 105 cm³/mol. The zero-order chi connectivity index (χ0) is 19.7. The second-order valence-corrected chi connectivity index (χ2v) is 7.60. The first-order valence-corrected chi connectivity index (χ1v) is 10.1. The Bertz CT molecular complexity index is 878. The van der Waals surface area contributed by atoms with Crippen molar-refractivity contribution in [2.45, 2.75) is 52.2 Å². The maximum Gasteiger partial charge on any atom is 0.270 e. The third-order valence-corrected chi connectivity index (χ3v) is 5.65. The van der Waals surface area contributed by atoms with Crippen LogP contribution in [0.5, 0.6) is 0 Å². The lowest BCUT2D eigenvalue weighted by atomic mass is 10.1. The Morgan fingerprint density at radius 2 is 2.29 bits per heavy atom. The van der Waals surface area contributed by atoms with E-state index in [-0.39, 0.29) is 11.9 Å². The van der Waals surface area contributed by atoms with Gasteiger partial charge in [-0.2, -0.15) is 5.10 Å². The Balaban J connectivity index is 1.46. The lowest BCUT2D eigenvalue weighted by Gasteiger charge is -2.33. The van der Waals surface area contributed by atoms with E-state index in [2.05, 4.69) is 27.2 Å². The number of anilines is 1. The average molecular weight is 384 g/mol. The van der Waals surface area contributed by atoms with Gasteiger partial charge in [0.1, 0.15) is 5.69 Å². The van der Waals surface area contributed by atoms with Gasteiger partial charge in [-0.1, -0.05) is 6.92 Å². The standard InChI is InChI=1S/C20H28N6O2/c1-4-16-13(2)18(25(3)24-16)19(27)22-15-6-5-8-26(11-15)20-21-10-14-12-28-9-7-17(14)23-20/h10,15H,4-9,11-12H2,1-3H3,(H,22,27). The van der Waals surface area contributed by atoms with Crippen molar-refractivity contribution in [1.29, 1.82) is 0 Å². The number of piperidine rings is 1. The normalized spacial score (nSPS) is 19.4. The molecule has 1 saturated heterocycles. The topological polar surface area (TPSA) is 85.2 Å². The molecule has 8 nitrogen and oxygen atoms in total. The number of amides is 1. The number of ether oxygens (including phenoxy) is 1. The molecule has 2 aliphatic rings. The summed E-state index contributed by atoms with van der Waals surface area (Å²) in [5.41, 5.74) is 4.76. The van der Waals surface area contributed by atoms with E-state index in [1.807, 2.05) is 20.2 Å². The van der Waals surface area contributed by atoms with Gasteiger partial charge >= 0.3 is 0 Å². The zero-order valence-electron chi connectivity index (χ0n) is 16.9. The molecule has 4 rings (SSSR count). The van der Waals surface area contributed by atoms with Crippen molar-refractivity contribution in [3.8, 4) is 0 Å². The first-order chi connectivity index (χ1) is 13.6. The molecule has 1 amide bonds. The number of carbonyl (C=O) groups is 1. The predicted octanol–water partition coefficient (Wildman–Crippen LogP) is 1.55. The molecule has 2 aromatic rings. The molecule has 1 unspecified atom stereocenters. The van der Waals surface area contributed by atoms with Gasteiger partial charge in [0, 0.05) is 49.9 Å². The summed E-state index contributed by atoms with van der Waals surface area (Å²) in [4.78, 5) is 24.4. The largest absolute Gasteiger partial charge is 0.376 e. The maximum absolute atomic E-state index is 12.9. The molecule has 8 heteroatoms. The minimum atomic E-state index is -0.0532. The van der Waals surface area contributed by atoms with Gasteiger partial charge in [-0.3, -0.25) is 9.48 Å². The molecule has 2 aromatic heterocycles. The number of fused-ring (bicyclic) bond motifs is 1. The van der Waals surface area contributed by atoms with Gasteiger partial charge in [0.2, 0.25) is 5.95 Å². The molecule has 4 heterocycles. The number of nitrogens with one attached hydrogen (secondary N) is 1. The number of nitrogens with zero attached hydrogens (tertiary/aromatic N) is 5. The van der Waals surface area contributed by atoms with Crippen molar-refractivity contribution in [2.75, 3.05) is 24.6 Å². The molecule has 28 heavy (non-hydrogen) atoms. The summed E-state index contributed by atoms with van der Waals surface area (Å²) in [5.74, 6) is 0.701. The highest BCUT2D eigenvalue weighted by molar-refractivity contribution is 5.94. The van der Waals surface area contributed by atoms with Crippen LogP contribution in [0.2, 0.25) is 0 Å². The lowest BCUT2D eigenvalue weighted by Crippen LogP contribution is -2.48. The minimum absolute atomic E-state index is 0.0532. The van der Waals surface area contributed by atoms with E-state index >= 15 is 0 Å². The number of aromatic nitrogens is 4. The first kappa shape index (κ1) is 18.9. The van der Waals surface area contributed by atoms with E-state index in [0.717, 1.165) is 67.2 Å². The van der Waals surface area contributed by atoms with Crippen molar-refractivity contribution in [2.24, 2.45) is 7.05 Å². The number of hydrogen-bond acceptors (Lipinski definition) is 6. The lowest BCUT2D eigenvalue weighted by molar-refractivity contribution is 0.0922. The van der Waals surface area contributed by atoms with E-state index in [0.29, 0.717) is 18.9 Å². The highest BCUT2D eigenvalue weighted by atomic mass is 16.5. The van der Waals surface area contributed by atoms with Gasteiger partial charge in [0.25, 0.3) is 5.91 Å². The Morgan fingerprint density at radius 3 is 3.07 bits per heavy atom. The molecular weight excluding hydrogens is 356 g/mol. The summed E-state index contributed by atoms with van der Waals surface area (Å²) in [6.45, 7) is 6.97. The Kier molecular flexibility index (Phi) is 5.30. The van der Waals surface area contributed by atoms with Gasteiger partial charge in [0.05, 0.1) is 24.6 Å². The van der Waals surface area contributed by atoms with E-state index < -0.39 is 0 Å². The van der Waals surface area contributed by atoms with Gasteiger partial charge in [-0.05, 0) is 26.2 Å². The third kappa shape index (κ3) is 3.61. The fourth-order valence-corrected chi connectivity index (χ4v) is 4.14. The molecule has 1 atom stereocenters. The quantitative estimate of drug-likeness (QED) is 0.861. The van der Waals surface area contributed by atoms with Crippen molar-refractivity contribution in [3.63, 3.8) is 0 Å². The minimum Gasteiger partial charge on any atom is -0.376 e. The van der Waals surface area contributed by atoms with Crippen molar-refractivity contribution >= 4 is 11.9 Å². The van der Waals surface area contributed by atoms with Crippen LogP contribution in [-0.4, -0.2) is 51.4 Å². The Hall–Kier alpha value is -2.48. The van der Waals surface area contributed by atoms with Crippen LogP contribution in [0.15, 0.2) is 6.20 Å². The number of carbonyl (C=O) groups excluding carboxylic acids is 1. The second-order valence-electron chi connectivity index (χ2n) is 7.60. The van der Waals surface area contributed by atoms with Gasteiger partial charge < -0.3 is 15.0 Å². The molecule has 0 aliphatic carbocycles. The van der Waals surface area contributed by atoms with E-state index in [4.69, 9.17) is 9.72 Å². The molecule has 0 radical (unpaired) electrons. The van der Waals surface area contributed by atoms with Crippen LogP contribution >= 0.6 is 0 Å². The van der Waals surface area contributed by atoms with Gasteiger partial charge in [0.15, 0.2) is 0 Å². The summed E-state index contributed by atoms with van der Waals surface area (Å²) in [5, 5.41) is 7.66. The average Bonchev–Trinajstić information content (AvgIpc) is 3.01. The molecule has 150 valence electrons. The molecule has 0 aromatic carbocycles. The highest BCUT2D eigenvalue weighted by Crippen LogP contribution is 2.21. The SMILES string of the molecule is CCc1nn(C)c(C(=O)NC2CCCN(c3ncc4c(n3)CCOC4)C2)c1C. The van der Waals surface area contributed by atoms with Crippen LogP contribution < -0.4 is 10.2 Å². The highest BCUT2D eigenvalue weighted by Gasteiger charge is 2.26. The van der Waals surface area contributed by atoms with E-state index in [1.165, 1.54) is 0 Å². The fraction of sp³-hybridized carbons (Fsp3) is 0.600. The smallest absolute Gasteiger partial charge is 0.270 e. The number of rotatable bonds is 4. The van der Waals surface area contributed by atoms with Crippen LogP contribution in [-0.2, 0) is 31.2 Å². The fourth-order valence-electron chi connectivity index (χ4n) is 4.14. The van der Waals surface area contributed by atoms with Crippen LogP contribution in [0.1, 0.15) is 52.8 Å². The second kappa shape index (κ2) is 7.87. The Morgan fingerprint density at radius 1 is 1.43 bits per heavy atom. The van der Waals surface area contributed by atoms with Crippen molar-refractivity contribution in [1.82, 2.24) is 25.1 Å². The molecule has 0 spiro atoms. The molecule has 1 N–H and O–H groups in total. The number of hydrogen-bond donors (Lipinski definition) is 1. The van der Waals surface area contributed by atoms with Crippen LogP contribution in [0.3, 0.4) is 0 Å². The van der Waals surface area contributed by atoms with Crippen molar-refractivity contribution < 1.29 is 9.53 Å². The van der Waals surface area contributed by atoms with Crippen LogP contribution in [0, 0.1) is 6.92 Å². The van der Waals surface area contributed by atoms with Crippen LogP contribution in [0.4, 0.5) is 5.95 Å². The van der Waals surface area contributed by atoms with Crippen molar-refractivity contribution in [3.05, 3.63) is 34.4 Å². The van der Waals surface area contributed by atoms with E-state index in [9.17, 15) is 4.79 Å². The summed E-state index contributed by atoms with van der Waals surface area (Å²) in [6, 6.07) is 0.0728. The zero-order valence-corrected chi connectivity index (χ0v) is 16.9. The van der Waals surface area contributed by atoms with Gasteiger partial charge in [-0.25, -0.2) is 9.97 Å². The first-order valence-electron chi connectivity index (χ1n) is 10.1. The van der Waals surface area contributed by atoms with Crippen LogP contribution in [0.25, 0.3) is 0 Å². The third-order valence-electron chi connectivity index (χ3n) is 5.65. The van der Waals surface area contributed by atoms with Gasteiger partial charge in [-0.15, -0.1) is 0 Å². The van der Waals surface area contributed by atoms with E-state index in [1.54, 1.807) is 4.68 Å². The summed E-state index contributed by atoms with van der Waals surface area (Å²) >= 11 is 0. The monoisotopic (exact) mass is 384 g/mol. The summed E-state index contributed by atoms with van der Waals surface area (Å²) in [6.07, 6.45) is 5.49. The molecule has 0 bridgehead atoms. The summed E-state index contributed by atoms with van der Waals surface area (Å²) in [7, 11) is 1.83. The maximum atomic E-state index is 12.9. The molecule has 2 aliphatic heterocycles. The molecular formula is C20H28N6O2.